The molecule has 1 aliphatic rings. The van der Waals surface area contributed by atoms with E-state index < -0.39 is 4.92 Å². The fourth-order valence-corrected chi connectivity index (χ4v) is 3.14. The first kappa shape index (κ1) is 21.9. The number of carbonyl (C=O) groups excluding carboxylic acids is 2. The first-order valence-corrected chi connectivity index (χ1v) is 8.47. The average molecular weight is 385 g/mol. The highest BCUT2D eigenvalue weighted by atomic mass is 35.5. The van der Waals surface area contributed by atoms with Gasteiger partial charge in [0, 0.05) is 49.3 Å². The quantitative estimate of drug-likeness (QED) is 0.572. The predicted octanol–water partition coefficient (Wildman–Crippen LogP) is 1.78. The molecule has 1 aliphatic heterocycles. The van der Waals surface area contributed by atoms with Gasteiger partial charge in [0.2, 0.25) is 5.91 Å². The molecule has 1 fully saturated rings. The second-order valence-corrected chi connectivity index (χ2v) is 6.20. The Morgan fingerprint density at radius 2 is 2.12 bits per heavy atom. The maximum atomic E-state index is 12.9. The molecule has 8 nitrogen and oxygen atoms in total. The van der Waals surface area contributed by atoms with Gasteiger partial charge >= 0.3 is 0 Å². The predicted molar refractivity (Wildman–Crippen MR) is 100 cm³/mol. The fourth-order valence-electron chi connectivity index (χ4n) is 3.14. The van der Waals surface area contributed by atoms with E-state index in [1.165, 1.54) is 12.1 Å². The highest BCUT2D eigenvalue weighted by Crippen LogP contribution is 2.25. The van der Waals surface area contributed by atoms with Gasteiger partial charge < -0.3 is 16.0 Å². The summed E-state index contributed by atoms with van der Waals surface area (Å²) in [4.78, 5) is 36.9. The summed E-state index contributed by atoms with van der Waals surface area (Å²) in [5.74, 6) is -0.356. The lowest BCUT2D eigenvalue weighted by Crippen LogP contribution is -2.49. The van der Waals surface area contributed by atoms with E-state index in [-0.39, 0.29) is 48.9 Å². The Morgan fingerprint density at radius 1 is 1.38 bits per heavy atom. The number of likely N-dealkylation sites (tertiary alicyclic amines) is 1. The SMILES string of the molecule is Cc1c(C(=O)N2CCCCC2CNC(=O)CCN)cccc1[N+](=O)[O-].Cl. The summed E-state index contributed by atoms with van der Waals surface area (Å²) < 4.78 is 0. The largest absolute Gasteiger partial charge is 0.354 e. The molecular weight excluding hydrogens is 360 g/mol. The average Bonchev–Trinajstić information content (AvgIpc) is 2.60. The van der Waals surface area contributed by atoms with E-state index in [1.807, 2.05) is 0 Å². The first-order valence-electron chi connectivity index (χ1n) is 8.47. The van der Waals surface area contributed by atoms with E-state index in [1.54, 1.807) is 17.9 Å². The standard InChI is InChI=1S/C17H24N4O4.ClH/c1-12-14(6-4-7-15(12)21(24)25)17(23)20-10-3-2-5-13(20)11-19-16(22)8-9-18;/h4,6-7,13H,2-3,5,8-11,18H2,1H3,(H,19,22);1H. The normalized spacial score (nSPS) is 16.5. The van der Waals surface area contributed by atoms with Gasteiger partial charge in [0.1, 0.15) is 0 Å². The molecule has 9 heteroatoms. The van der Waals surface area contributed by atoms with E-state index in [4.69, 9.17) is 5.73 Å². The van der Waals surface area contributed by atoms with E-state index >= 15 is 0 Å². The number of nitrogens with one attached hydrogen (secondary N) is 1. The third-order valence-corrected chi connectivity index (χ3v) is 4.53. The molecule has 1 saturated heterocycles. The van der Waals surface area contributed by atoms with Gasteiger partial charge in [0.25, 0.3) is 11.6 Å². The smallest absolute Gasteiger partial charge is 0.273 e. The van der Waals surface area contributed by atoms with Gasteiger partial charge in [-0.25, -0.2) is 0 Å². The lowest BCUT2D eigenvalue weighted by atomic mass is 9.98. The van der Waals surface area contributed by atoms with Crippen LogP contribution in [-0.4, -0.2) is 47.3 Å². The van der Waals surface area contributed by atoms with Gasteiger partial charge in [-0.3, -0.25) is 19.7 Å². The molecule has 2 rings (SSSR count). The molecule has 0 bridgehead atoms. The summed E-state index contributed by atoms with van der Waals surface area (Å²) in [7, 11) is 0. The number of halogens is 1. The molecule has 26 heavy (non-hydrogen) atoms. The van der Waals surface area contributed by atoms with Crippen LogP contribution in [0.2, 0.25) is 0 Å². The molecule has 2 amide bonds. The minimum atomic E-state index is -0.479. The third-order valence-electron chi connectivity index (χ3n) is 4.53. The van der Waals surface area contributed by atoms with Crippen molar-refractivity contribution in [2.75, 3.05) is 19.6 Å². The molecule has 144 valence electrons. The van der Waals surface area contributed by atoms with E-state index in [0.29, 0.717) is 24.2 Å². The van der Waals surface area contributed by atoms with Crippen LogP contribution < -0.4 is 11.1 Å². The first-order chi connectivity index (χ1) is 12.0. The lowest BCUT2D eigenvalue weighted by Gasteiger charge is -2.36. The number of amides is 2. The molecule has 0 aliphatic carbocycles. The number of nitrogens with two attached hydrogens (primary N) is 1. The molecular formula is C17H25ClN4O4. The molecule has 3 N–H and O–H groups in total. The Kier molecular flexibility index (Phi) is 8.47. The Morgan fingerprint density at radius 3 is 2.77 bits per heavy atom. The Hall–Kier alpha value is -2.19. The van der Waals surface area contributed by atoms with Crippen molar-refractivity contribution in [3.05, 3.63) is 39.4 Å². The zero-order valence-electron chi connectivity index (χ0n) is 14.8. The molecule has 1 aromatic rings. The summed E-state index contributed by atoms with van der Waals surface area (Å²) in [5, 5.41) is 13.9. The van der Waals surface area contributed by atoms with Crippen molar-refractivity contribution < 1.29 is 14.5 Å². The zero-order chi connectivity index (χ0) is 18.4. The van der Waals surface area contributed by atoms with Crippen molar-refractivity contribution in [1.82, 2.24) is 10.2 Å². The second kappa shape index (κ2) is 10.1. The summed E-state index contributed by atoms with van der Waals surface area (Å²) in [6, 6.07) is 4.43. The minimum absolute atomic E-state index is 0. The zero-order valence-corrected chi connectivity index (χ0v) is 15.6. The summed E-state index contributed by atoms with van der Waals surface area (Å²) >= 11 is 0. The van der Waals surface area contributed by atoms with Crippen LogP contribution in [0.25, 0.3) is 0 Å². The monoisotopic (exact) mass is 384 g/mol. The highest BCUT2D eigenvalue weighted by molar-refractivity contribution is 5.97. The van der Waals surface area contributed by atoms with Crippen molar-refractivity contribution in [2.24, 2.45) is 5.73 Å². The van der Waals surface area contributed by atoms with Gasteiger partial charge in [0.15, 0.2) is 0 Å². The van der Waals surface area contributed by atoms with E-state index in [9.17, 15) is 19.7 Å². The van der Waals surface area contributed by atoms with Crippen LogP contribution in [0.4, 0.5) is 5.69 Å². The second-order valence-electron chi connectivity index (χ2n) is 6.20. The topological polar surface area (TPSA) is 119 Å². The van der Waals surface area contributed by atoms with E-state index in [2.05, 4.69) is 5.32 Å². The van der Waals surface area contributed by atoms with Crippen LogP contribution in [-0.2, 0) is 4.79 Å². The third kappa shape index (κ3) is 5.15. The maximum Gasteiger partial charge on any atom is 0.273 e. The number of benzene rings is 1. The molecule has 1 unspecified atom stereocenters. The van der Waals surface area contributed by atoms with Crippen LogP contribution >= 0.6 is 12.4 Å². The number of hydrogen-bond acceptors (Lipinski definition) is 5. The van der Waals surface area contributed by atoms with Gasteiger partial charge in [-0.05, 0) is 32.3 Å². The van der Waals surface area contributed by atoms with Crippen LogP contribution in [0.5, 0.6) is 0 Å². The highest BCUT2D eigenvalue weighted by Gasteiger charge is 2.29. The van der Waals surface area contributed by atoms with Crippen molar-refractivity contribution in [3.63, 3.8) is 0 Å². The van der Waals surface area contributed by atoms with E-state index in [0.717, 1.165) is 19.3 Å². The van der Waals surface area contributed by atoms with Crippen molar-refractivity contribution in [3.8, 4) is 0 Å². The molecule has 0 spiro atoms. The van der Waals surface area contributed by atoms with Crippen molar-refractivity contribution in [1.29, 1.82) is 0 Å². The molecule has 1 atom stereocenters. The van der Waals surface area contributed by atoms with Crippen LogP contribution in [0.1, 0.15) is 41.6 Å². The lowest BCUT2D eigenvalue weighted by molar-refractivity contribution is -0.385. The molecule has 0 aromatic heterocycles. The Balaban J connectivity index is 0.00000338. The Bertz CT molecular complexity index is 668. The van der Waals surface area contributed by atoms with Gasteiger partial charge in [-0.15, -0.1) is 12.4 Å². The number of nitro benzene ring substituents is 1. The summed E-state index contributed by atoms with van der Waals surface area (Å²) in [6.07, 6.45) is 2.91. The van der Waals surface area contributed by atoms with Crippen LogP contribution in [0, 0.1) is 17.0 Å². The number of piperidine rings is 1. The molecule has 1 heterocycles. The molecule has 0 saturated carbocycles. The summed E-state index contributed by atoms with van der Waals surface area (Å²) in [6.45, 7) is 2.83. The van der Waals surface area contributed by atoms with Gasteiger partial charge in [0.05, 0.1) is 4.92 Å². The minimum Gasteiger partial charge on any atom is -0.354 e. The number of rotatable bonds is 6. The molecule has 0 radical (unpaired) electrons. The Labute approximate surface area is 158 Å². The fraction of sp³-hybridized carbons (Fsp3) is 0.529. The van der Waals surface area contributed by atoms with Crippen molar-refractivity contribution in [2.45, 2.75) is 38.6 Å². The van der Waals surface area contributed by atoms with Gasteiger partial charge in [-0.2, -0.15) is 0 Å². The number of carbonyl (C=O) groups is 2. The van der Waals surface area contributed by atoms with Gasteiger partial charge in [-0.1, -0.05) is 6.07 Å². The number of nitro groups is 1. The molecule has 1 aromatic carbocycles. The maximum absolute atomic E-state index is 12.9. The van der Waals surface area contributed by atoms with Crippen LogP contribution in [0.15, 0.2) is 18.2 Å². The number of nitrogens with zero attached hydrogens (tertiary/aromatic N) is 2. The summed E-state index contributed by atoms with van der Waals surface area (Å²) in [5.41, 5.74) is 6.02. The van der Waals surface area contributed by atoms with Crippen LogP contribution in [0.3, 0.4) is 0 Å². The van der Waals surface area contributed by atoms with Crippen molar-refractivity contribution >= 4 is 29.9 Å². The number of hydrogen-bond donors (Lipinski definition) is 2.